The van der Waals surface area contributed by atoms with Crippen molar-refractivity contribution in [1.82, 2.24) is 0 Å². The fourth-order valence-corrected chi connectivity index (χ4v) is 0. The predicted molar refractivity (Wildman–Crippen MR) is 19.3 cm³/mol. The number of terminal acetylenes is 1. The molecule has 0 unspecified atom stereocenters. The van der Waals surface area contributed by atoms with Gasteiger partial charge in [0.15, 0.2) is 0 Å². The van der Waals surface area contributed by atoms with Crippen LogP contribution in [0.15, 0.2) is 0 Å². The van der Waals surface area contributed by atoms with Crippen molar-refractivity contribution in [3.8, 4) is 12.3 Å². The molecule has 1 nitrogen and oxygen atoms in total. The molecule has 0 amide bonds. The largest absolute Gasteiger partial charge is 0.281 e. The Morgan fingerprint density at radius 2 is 2.00 bits per heavy atom. The molecule has 6 heavy (non-hydrogen) atoms. The van der Waals surface area contributed by atoms with E-state index in [2.05, 4.69) is 28.4 Å². The summed E-state index contributed by atoms with van der Waals surface area (Å²) in [5.41, 5.74) is 0. The fourth-order valence-electron chi connectivity index (χ4n) is 0. The van der Waals surface area contributed by atoms with Gasteiger partial charge in [-0.25, -0.2) is 0 Å². The van der Waals surface area contributed by atoms with Gasteiger partial charge in [-0.05, 0) is 0 Å². The molecule has 0 rings (SSSR count). The molecule has 0 aliphatic heterocycles. The van der Waals surface area contributed by atoms with E-state index < -0.39 is 0 Å². The Morgan fingerprint density at radius 3 is 2.00 bits per heavy atom. The quantitative estimate of drug-likeness (QED) is 0.423. The van der Waals surface area contributed by atoms with E-state index in [1.54, 1.807) is 0 Å². The van der Waals surface area contributed by atoms with Crippen LogP contribution in [-0.2, 0) is 20.5 Å². The molecule has 2 radical (unpaired) electrons. The molecule has 0 aromatic rings. The minimum absolute atomic E-state index is 0.535. The second-order valence-electron chi connectivity index (χ2n) is 0.322. The average molecular weight is 126 g/mol. The maximum atomic E-state index is 7.50. The summed E-state index contributed by atoms with van der Waals surface area (Å²) in [6.45, 7) is 4.50. The molecule has 0 aromatic heterocycles. The van der Waals surface area contributed by atoms with Crippen molar-refractivity contribution < 1.29 is 20.5 Å². The molecule has 0 saturated heterocycles. The van der Waals surface area contributed by atoms with E-state index in [9.17, 15) is 0 Å². The summed E-state index contributed by atoms with van der Waals surface area (Å²) in [6, 6.07) is 0. The number of rotatable bonds is 0. The molecule has 0 aliphatic carbocycles. The van der Waals surface area contributed by atoms with Crippen LogP contribution in [0.2, 0.25) is 5.36 Å². The van der Waals surface area contributed by atoms with Crippen LogP contribution in [0, 0.1) is 12.3 Å². The molecular weight excluding hydrogens is 123 g/mol. The molecule has 0 N–H and O–H groups in total. The summed E-state index contributed by atoms with van der Waals surface area (Å²) in [6.07, 6.45) is 4.70. The number of hydrogen-bond donors (Lipinski definition) is 0. The standard InChI is InChI=1S/C3H3.CO.Co/c1-3-2;1-2;/h1H,2H2;;. The molecule has 0 aromatic carbocycles. The summed E-state index contributed by atoms with van der Waals surface area (Å²) in [4.78, 5) is 7.50. The predicted octanol–water partition coefficient (Wildman–Crippen LogP) is 0.188. The van der Waals surface area contributed by atoms with Crippen LogP contribution < -0.4 is 0 Å². The molecule has 0 aliphatic rings. The van der Waals surface area contributed by atoms with Gasteiger partial charge in [0.25, 0.3) is 6.79 Å². The summed E-state index contributed by atoms with van der Waals surface area (Å²) < 4.78 is 0. The van der Waals surface area contributed by atoms with Crippen molar-refractivity contribution in [2.75, 3.05) is 0 Å². The van der Waals surface area contributed by atoms with E-state index in [1.807, 2.05) is 0 Å². The van der Waals surface area contributed by atoms with Crippen LogP contribution in [0.25, 0.3) is 0 Å². The van der Waals surface area contributed by atoms with Crippen LogP contribution in [0.5, 0.6) is 0 Å². The zero-order chi connectivity index (χ0) is 5.41. The maximum absolute atomic E-state index is 7.50. The molecule has 0 bridgehead atoms. The number of carbonyl (C=O) groups excluding carboxylic acids is 1. The first-order valence-corrected chi connectivity index (χ1v) is 1.82. The van der Waals surface area contributed by atoms with E-state index in [0.717, 1.165) is 0 Å². The molecule has 0 atom stereocenters. The summed E-state index contributed by atoms with van der Waals surface area (Å²) in [5, 5.41) is 0.535. The van der Waals surface area contributed by atoms with Gasteiger partial charge in [0.2, 0.25) is 0 Å². The summed E-state index contributed by atoms with van der Waals surface area (Å²) in [5.74, 6) is 2.29. The van der Waals surface area contributed by atoms with Gasteiger partial charge < -0.3 is 0 Å². The fraction of sp³-hybridized carbons (Fsp3) is 0.250. The van der Waals surface area contributed by atoms with Crippen LogP contribution in [0.4, 0.5) is 0 Å². The number of hydrogen-bond acceptors (Lipinski definition) is 1. The van der Waals surface area contributed by atoms with E-state index in [-0.39, 0.29) is 0 Å². The van der Waals surface area contributed by atoms with Crippen molar-refractivity contribution in [3.05, 3.63) is 0 Å². The first kappa shape index (κ1) is 9.22. The van der Waals surface area contributed by atoms with Gasteiger partial charge in [-0.3, -0.25) is 4.79 Å². The Morgan fingerprint density at radius 1 is 1.83 bits per heavy atom. The van der Waals surface area contributed by atoms with Crippen LogP contribution >= 0.6 is 0 Å². The SMILES string of the molecule is C#C[CH2][Co].[C]=O. The van der Waals surface area contributed by atoms with Crippen LogP contribution in [0.3, 0.4) is 0 Å². The van der Waals surface area contributed by atoms with Gasteiger partial charge in [0.05, 0.1) is 0 Å². The van der Waals surface area contributed by atoms with E-state index in [0.29, 0.717) is 5.36 Å². The third kappa shape index (κ3) is 51.6. The van der Waals surface area contributed by atoms with Gasteiger partial charge in [-0.1, -0.05) is 0 Å². The first-order valence-electron chi connectivity index (χ1n) is 1.08. The van der Waals surface area contributed by atoms with Crippen molar-refractivity contribution >= 4 is 6.79 Å². The van der Waals surface area contributed by atoms with Crippen molar-refractivity contribution in [1.29, 1.82) is 0 Å². The molecule has 2 heteroatoms. The normalized spacial score (nSPS) is 4.17. The van der Waals surface area contributed by atoms with E-state index >= 15 is 0 Å². The first-order chi connectivity index (χ1) is 2.91. The van der Waals surface area contributed by atoms with Crippen molar-refractivity contribution in [2.45, 2.75) is 5.36 Å². The Hall–Kier alpha value is -0.264. The monoisotopic (exact) mass is 126 g/mol. The third-order valence-corrected chi connectivity index (χ3v) is 0.281. The second-order valence-corrected chi connectivity index (χ2v) is 0.690. The Labute approximate surface area is 45.7 Å². The molecule has 34 valence electrons. The third-order valence-electron chi connectivity index (χ3n) is 0.0680. The van der Waals surface area contributed by atoms with Crippen molar-refractivity contribution in [2.24, 2.45) is 0 Å². The van der Waals surface area contributed by atoms with Gasteiger partial charge in [0, 0.05) is 0 Å². The minimum atomic E-state index is 0.535. The van der Waals surface area contributed by atoms with Crippen LogP contribution in [-0.4, -0.2) is 6.79 Å². The smallest absolute Gasteiger partial charge is 0.281 e. The molecule has 0 heterocycles. The van der Waals surface area contributed by atoms with Gasteiger partial charge in [0.1, 0.15) is 0 Å². The maximum Gasteiger partial charge on any atom is 0.281 e. The Balaban J connectivity index is 0. The molecule has 0 spiro atoms. The van der Waals surface area contributed by atoms with E-state index in [1.165, 1.54) is 0 Å². The minimum Gasteiger partial charge on any atom is -0.281 e. The Kier molecular flexibility index (Phi) is 33.7. The molecular formula is C4H3CoO. The average Bonchev–Trinajstić information content (AvgIpc) is 1.72. The summed E-state index contributed by atoms with van der Waals surface area (Å²) >= 11 is 3.72. The van der Waals surface area contributed by atoms with Crippen molar-refractivity contribution in [3.63, 3.8) is 0 Å². The second kappa shape index (κ2) is 21.9. The van der Waals surface area contributed by atoms with E-state index in [4.69, 9.17) is 11.2 Å². The van der Waals surface area contributed by atoms with Gasteiger partial charge in [-0.15, -0.1) is 0 Å². The van der Waals surface area contributed by atoms with Gasteiger partial charge >= 0.3 is 33.4 Å². The molecule has 0 saturated carbocycles. The zero-order valence-electron chi connectivity index (χ0n) is 3.03. The Bertz CT molecular complexity index is 46.0. The van der Waals surface area contributed by atoms with Gasteiger partial charge in [-0.2, -0.15) is 0 Å². The zero-order valence-corrected chi connectivity index (χ0v) is 4.07. The molecule has 0 fully saturated rings. The van der Waals surface area contributed by atoms with Crippen LogP contribution in [0.1, 0.15) is 0 Å². The summed E-state index contributed by atoms with van der Waals surface area (Å²) in [7, 11) is 0. The topological polar surface area (TPSA) is 17.1 Å².